The maximum absolute atomic E-state index is 13.7. The van der Waals surface area contributed by atoms with Gasteiger partial charge in [-0.25, -0.2) is 4.39 Å². The first-order chi connectivity index (χ1) is 9.60. The van der Waals surface area contributed by atoms with Gasteiger partial charge in [-0.2, -0.15) is 0 Å². The van der Waals surface area contributed by atoms with Gasteiger partial charge in [-0.15, -0.1) is 0 Å². The van der Waals surface area contributed by atoms with E-state index in [-0.39, 0.29) is 17.7 Å². The Morgan fingerprint density at radius 3 is 2.85 bits per heavy atom. The Hall–Kier alpha value is -1.62. The van der Waals surface area contributed by atoms with Gasteiger partial charge >= 0.3 is 0 Å². The molecule has 5 heteroatoms. The van der Waals surface area contributed by atoms with Crippen molar-refractivity contribution < 1.29 is 13.9 Å². The number of carbonyl (C=O) groups excluding carboxylic acids is 1. The number of nitrogens with zero attached hydrogens (tertiary/aromatic N) is 1. The normalized spacial score (nSPS) is 28.6. The summed E-state index contributed by atoms with van der Waals surface area (Å²) in [4.78, 5) is 14.2. The molecule has 0 spiro atoms. The summed E-state index contributed by atoms with van der Waals surface area (Å²) in [5.41, 5.74) is 6.44. The Kier molecular flexibility index (Phi) is 3.38. The summed E-state index contributed by atoms with van der Waals surface area (Å²) < 4.78 is 18.5. The molecule has 0 aromatic heterocycles. The SMILES string of the molecule is COc1ccc(C(=O)N2CC3CCC(N)C3C2)cc1F. The fourth-order valence-corrected chi connectivity index (χ4v) is 3.46. The van der Waals surface area contributed by atoms with E-state index in [4.69, 9.17) is 10.5 Å². The number of hydrogen-bond donors (Lipinski definition) is 1. The van der Waals surface area contributed by atoms with Crippen molar-refractivity contribution in [3.8, 4) is 5.75 Å². The van der Waals surface area contributed by atoms with Gasteiger partial charge in [0.2, 0.25) is 0 Å². The second-order valence-electron chi connectivity index (χ2n) is 5.72. The lowest BCUT2D eigenvalue weighted by molar-refractivity contribution is 0.0779. The summed E-state index contributed by atoms with van der Waals surface area (Å²) >= 11 is 0. The summed E-state index contributed by atoms with van der Waals surface area (Å²) in [5, 5.41) is 0. The van der Waals surface area contributed by atoms with E-state index in [0.29, 0.717) is 23.9 Å². The van der Waals surface area contributed by atoms with Gasteiger partial charge < -0.3 is 15.4 Å². The van der Waals surface area contributed by atoms with Crippen molar-refractivity contribution in [1.82, 2.24) is 4.90 Å². The number of likely N-dealkylation sites (tertiary alicyclic amines) is 1. The van der Waals surface area contributed by atoms with Crippen LogP contribution >= 0.6 is 0 Å². The van der Waals surface area contributed by atoms with Crippen molar-refractivity contribution in [2.45, 2.75) is 18.9 Å². The average Bonchev–Trinajstić information content (AvgIpc) is 3.00. The van der Waals surface area contributed by atoms with Gasteiger partial charge in [0, 0.05) is 24.7 Å². The van der Waals surface area contributed by atoms with Crippen LogP contribution in [0.15, 0.2) is 18.2 Å². The summed E-state index contributed by atoms with van der Waals surface area (Å²) in [6.07, 6.45) is 2.14. The molecule has 1 amide bonds. The topological polar surface area (TPSA) is 55.6 Å². The summed E-state index contributed by atoms with van der Waals surface area (Å²) in [6, 6.07) is 4.55. The highest BCUT2D eigenvalue weighted by Gasteiger charge is 2.42. The highest BCUT2D eigenvalue weighted by Crippen LogP contribution is 2.37. The number of rotatable bonds is 2. The van der Waals surface area contributed by atoms with E-state index in [2.05, 4.69) is 0 Å². The lowest BCUT2D eigenvalue weighted by Gasteiger charge is -2.19. The molecule has 1 aromatic carbocycles. The summed E-state index contributed by atoms with van der Waals surface area (Å²) in [7, 11) is 1.41. The average molecular weight is 278 g/mol. The molecule has 1 aromatic rings. The number of carbonyl (C=O) groups is 1. The van der Waals surface area contributed by atoms with Crippen LogP contribution in [0.5, 0.6) is 5.75 Å². The first-order valence-corrected chi connectivity index (χ1v) is 6.98. The molecule has 20 heavy (non-hydrogen) atoms. The van der Waals surface area contributed by atoms with Crippen LogP contribution in [0.4, 0.5) is 4.39 Å². The van der Waals surface area contributed by atoms with Crippen molar-refractivity contribution in [3.63, 3.8) is 0 Å². The van der Waals surface area contributed by atoms with E-state index < -0.39 is 5.82 Å². The van der Waals surface area contributed by atoms with Gasteiger partial charge in [-0.1, -0.05) is 0 Å². The number of amides is 1. The van der Waals surface area contributed by atoms with Crippen molar-refractivity contribution in [2.24, 2.45) is 17.6 Å². The zero-order valence-corrected chi connectivity index (χ0v) is 11.5. The maximum atomic E-state index is 13.7. The molecular weight excluding hydrogens is 259 g/mol. The monoisotopic (exact) mass is 278 g/mol. The largest absolute Gasteiger partial charge is 0.494 e. The van der Waals surface area contributed by atoms with E-state index in [1.54, 1.807) is 11.0 Å². The van der Waals surface area contributed by atoms with Crippen LogP contribution in [0, 0.1) is 17.7 Å². The number of nitrogens with two attached hydrogens (primary N) is 1. The number of ether oxygens (including phenoxy) is 1. The first kappa shape index (κ1) is 13.4. The molecule has 2 aliphatic rings. The van der Waals surface area contributed by atoms with E-state index in [1.807, 2.05) is 0 Å². The van der Waals surface area contributed by atoms with E-state index in [9.17, 15) is 9.18 Å². The molecule has 0 bridgehead atoms. The van der Waals surface area contributed by atoms with Gasteiger partial charge in [0.1, 0.15) is 0 Å². The van der Waals surface area contributed by atoms with Crippen LogP contribution in [0.25, 0.3) is 0 Å². The number of fused-ring (bicyclic) bond motifs is 1. The van der Waals surface area contributed by atoms with Crippen LogP contribution in [0.2, 0.25) is 0 Å². The molecule has 1 saturated carbocycles. The fraction of sp³-hybridized carbons (Fsp3) is 0.533. The number of hydrogen-bond acceptors (Lipinski definition) is 3. The minimum atomic E-state index is -0.505. The Balaban J connectivity index is 1.75. The molecule has 2 N–H and O–H groups in total. The Bertz CT molecular complexity index is 535. The van der Waals surface area contributed by atoms with Crippen LogP contribution in [-0.2, 0) is 0 Å². The first-order valence-electron chi connectivity index (χ1n) is 6.98. The molecule has 3 rings (SSSR count). The quantitative estimate of drug-likeness (QED) is 0.895. The third-order valence-corrected chi connectivity index (χ3v) is 4.60. The van der Waals surface area contributed by atoms with E-state index >= 15 is 0 Å². The lowest BCUT2D eigenvalue weighted by Crippen LogP contribution is -2.33. The van der Waals surface area contributed by atoms with Crippen LogP contribution in [0.3, 0.4) is 0 Å². The third-order valence-electron chi connectivity index (χ3n) is 4.60. The second-order valence-corrected chi connectivity index (χ2v) is 5.72. The van der Waals surface area contributed by atoms with Crippen LogP contribution < -0.4 is 10.5 Å². The Morgan fingerprint density at radius 2 is 2.20 bits per heavy atom. The molecule has 1 heterocycles. The number of halogens is 1. The Morgan fingerprint density at radius 1 is 1.40 bits per heavy atom. The summed E-state index contributed by atoms with van der Waals surface area (Å²) in [6.45, 7) is 1.43. The molecule has 2 fully saturated rings. The van der Waals surface area contributed by atoms with E-state index in [0.717, 1.165) is 19.4 Å². The smallest absolute Gasteiger partial charge is 0.253 e. The standard InChI is InChI=1S/C15H19FN2O2/c1-20-14-5-3-9(6-12(14)16)15(19)18-7-10-2-4-13(17)11(10)8-18/h3,5-6,10-11,13H,2,4,7-8,17H2,1H3. The second kappa shape index (κ2) is 5.05. The highest BCUT2D eigenvalue weighted by atomic mass is 19.1. The van der Waals surface area contributed by atoms with Crippen molar-refractivity contribution in [1.29, 1.82) is 0 Å². The molecule has 0 radical (unpaired) electrons. The predicted octanol–water partition coefficient (Wildman–Crippen LogP) is 1.64. The molecule has 3 unspecified atom stereocenters. The minimum absolute atomic E-state index is 0.117. The molecule has 3 atom stereocenters. The molecule has 1 saturated heterocycles. The Labute approximate surface area is 117 Å². The van der Waals surface area contributed by atoms with Crippen LogP contribution in [0.1, 0.15) is 23.2 Å². The van der Waals surface area contributed by atoms with Gasteiger partial charge in [0.25, 0.3) is 5.91 Å². The molecule has 4 nitrogen and oxygen atoms in total. The molecular formula is C15H19FN2O2. The van der Waals surface area contributed by atoms with Crippen molar-refractivity contribution >= 4 is 5.91 Å². The number of benzene rings is 1. The van der Waals surface area contributed by atoms with Crippen molar-refractivity contribution in [2.75, 3.05) is 20.2 Å². The third kappa shape index (κ3) is 2.16. The maximum Gasteiger partial charge on any atom is 0.253 e. The van der Waals surface area contributed by atoms with Gasteiger partial charge in [0.15, 0.2) is 11.6 Å². The van der Waals surface area contributed by atoms with Gasteiger partial charge in [0.05, 0.1) is 7.11 Å². The number of methoxy groups -OCH3 is 1. The molecule has 1 aliphatic heterocycles. The van der Waals surface area contributed by atoms with Crippen LogP contribution in [-0.4, -0.2) is 37.0 Å². The van der Waals surface area contributed by atoms with Gasteiger partial charge in [-0.05, 0) is 42.9 Å². The zero-order valence-electron chi connectivity index (χ0n) is 11.5. The molecule has 1 aliphatic carbocycles. The predicted molar refractivity (Wildman–Crippen MR) is 73.0 cm³/mol. The summed E-state index contributed by atoms with van der Waals surface area (Å²) in [5.74, 6) is 0.448. The van der Waals surface area contributed by atoms with Gasteiger partial charge in [-0.3, -0.25) is 4.79 Å². The fourth-order valence-electron chi connectivity index (χ4n) is 3.46. The highest BCUT2D eigenvalue weighted by molar-refractivity contribution is 5.94. The zero-order chi connectivity index (χ0) is 14.3. The van der Waals surface area contributed by atoms with Crippen molar-refractivity contribution in [3.05, 3.63) is 29.6 Å². The van der Waals surface area contributed by atoms with E-state index in [1.165, 1.54) is 19.2 Å². The lowest BCUT2D eigenvalue weighted by atomic mass is 9.98. The molecule has 108 valence electrons. The minimum Gasteiger partial charge on any atom is -0.494 e.